The van der Waals surface area contributed by atoms with Crippen LogP contribution in [0.4, 0.5) is 68.4 Å². The first kappa shape index (κ1) is 43.3. The van der Waals surface area contributed by atoms with Gasteiger partial charge < -0.3 is 28.6 Å². The smallest absolute Gasteiger partial charge is 0.261 e. The fourth-order valence-corrected chi connectivity index (χ4v) is 12.5. The lowest BCUT2D eigenvalue weighted by molar-refractivity contribution is 0.466. The number of rotatable bonds is 8. The Morgan fingerprint density at radius 3 is 1.27 bits per heavy atom. The summed E-state index contributed by atoms with van der Waals surface area (Å²) in [7, 11) is 0. The van der Waals surface area contributed by atoms with Gasteiger partial charge in [-0.1, -0.05) is 152 Å². The lowest BCUT2D eigenvalue weighted by Gasteiger charge is -2.42. The van der Waals surface area contributed by atoms with Crippen molar-refractivity contribution in [3.05, 3.63) is 267 Å². The SMILES string of the molecule is c1ccc(N(c2ccccc2)c2cc3c4c(c2)N(c2ccccc2)c2ccccc2B4c2cc4c(cc2O3)Oc2cc(N(c3ccccc3)c3ccccc3)cc3c2B4c2c(oc4ccccc24)N3c2ccccc2)cc1. The van der Waals surface area contributed by atoms with Crippen LogP contribution in [0, 0.1) is 0 Å². The summed E-state index contributed by atoms with van der Waals surface area (Å²) in [6.07, 6.45) is 0. The van der Waals surface area contributed by atoms with Crippen LogP contribution in [0.2, 0.25) is 0 Å². The van der Waals surface area contributed by atoms with Crippen molar-refractivity contribution < 1.29 is 13.9 Å². The topological polar surface area (TPSA) is 44.6 Å². The van der Waals surface area contributed by atoms with Crippen LogP contribution in [0.15, 0.2) is 271 Å². The predicted molar refractivity (Wildman–Crippen MR) is 317 cm³/mol. The fraction of sp³-hybridized carbons (Fsp3) is 0. The molecule has 0 radical (unpaired) electrons. The van der Waals surface area contributed by atoms with E-state index in [1.807, 2.05) is 0 Å². The molecule has 12 aromatic rings. The van der Waals surface area contributed by atoms with E-state index < -0.39 is 0 Å². The minimum Gasteiger partial charge on any atom is -0.458 e. The number of furan rings is 1. The third-order valence-electron chi connectivity index (χ3n) is 15.7. The highest BCUT2D eigenvalue weighted by Gasteiger charge is 2.49. The van der Waals surface area contributed by atoms with Crippen LogP contribution in [0.5, 0.6) is 23.0 Å². The van der Waals surface area contributed by atoms with Gasteiger partial charge in [0, 0.05) is 74.5 Å². The molecule has 4 aliphatic heterocycles. The summed E-state index contributed by atoms with van der Waals surface area (Å²) >= 11 is 0. The summed E-state index contributed by atoms with van der Waals surface area (Å²) in [6, 6.07) is 94.5. The third kappa shape index (κ3) is 6.73. The quantitative estimate of drug-likeness (QED) is 0.141. The number of fused-ring (bicyclic) bond motifs is 10. The molecule has 9 heteroatoms. The second-order valence-corrected chi connectivity index (χ2v) is 20.0. The number of para-hydroxylation sites is 8. The Bertz CT molecular complexity index is 4180. The van der Waals surface area contributed by atoms with Crippen LogP contribution in [-0.2, 0) is 0 Å². The second-order valence-electron chi connectivity index (χ2n) is 20.0. The van der Waals surface area contributed by atoms with Crippen LogP contribution in [0.1, 0.15) is 0 Å². The van der Waals surface area contributed by atoms with Gasteiger partial charge in [0.2, 0.25) is 5.88 Å². The Balaban J connectivity index is 0.952. The van der Waals surface area contributed by atoms with Crippen LogP contribution in [0.3, 0.4) is 0 Å². The molecule has 16 rings (SSSR count). The second kappa shape index (κ2) is 17.2. The maximum absolute atomic E-state index is 7.48. The number of anilines is 12. The monoisotopic (exact) mass is 986 g/mol. The largest absolute Gasteiger partial charge is 0.458 e. The van der Waals surface area contributed by atoms with E-state index in [1.54, 1.807) is 0 Å². The summed E-state index contributed by atoms with van der Waals surface area (Å²) in [5.74, 6) is 3.85. The molecule has 5 heterocycles. The van der Waals surface area contributed by atoms with Gasteiger partial charge in [0.25, 0.3) is 13.4 Å². The molecule has 0 bridgehead atoms. The number of nitrogens with zero attached hydrogens (tertiary/aromatic N) is 4. The molecule has 0 saturated carbocycles. The van der Waals surface area contributed by atoms with Gasteiger partial charge in [-0.05, 0) is 124 Å². The maximum atomic E-state index is 7.48. The van der Waals surface area contributed by atoms with Crippen LogP contribution >= 0.6 is 0 Å². The van der Waals surface area contributed by atoms with E-state index in [9.17, 15) is 0 Å². The maximum Gasteiger partial charge on any atom is 0.261 e. The third-order valence-corrected chi connectivity index (χ3v) is 15.7. The lowest BCUT2D eigenvalue weighted by atomic mass is 9.31. The Morgan fingerprint density at radius 2 is 0.727 bits per heavy atom. The highest BCUT2D eigenvalue weighted by molar-refractivity contribution is 7.02. The van der Waals surface area contributed by atoms with E-state index >= 15 is 0 Å². The number of hydrogen-bond acceptors (Lipinski definition) is 7. The zero-order valence-corrected chi connectivity index (χ0v) is 41.6. The molecule has 1 aromatic heterocycles. The first-order valence-corrected chi connectivity index (χ1v) is 26.2. The van der Waals surface area contributed by atoms with Crippen LogP contribution < -0.4 is 61.9 Å². The molecule has 360 valence electrons. The molecule has 0 atom stereocenters. The van der Waals surface area contributed by atoms with Crippen molar-refractivity contribution >= 4 is 126 Å². The summed E-state index contributed by atoms with van der Waals surface area (Å²) in [4.78, 5) is 9.33. The molecule has 0 saturated heterocycles. The fourth-order valence-electron chi connectivity index (χ4n) is 12.5. The van der Waals surface area contributed by atoms with Gasteiger partial charge in [0.1, 0.15) is 28.6 Å². The van der Waals surface area contributed by atoms with Gasteiger partial charge in [-0.25, -0.2) is 0 Å². The first-order valence-electron chi connectivity index (χ1n) is 26.2. The zero-order chi connectivity index (χ0) is 50.6. The Hall–Kier alpha value is -10.1. The van der Waals surface area contributed by atoms with E-state index in [2.05, 4.69) is 287 Å². The minimum absolute atomic E-state index is 0.181. The van der Waals surface area contributed by atoms with Crippen molar-refractivity contribution in [1.29, 1.82) is 0 Å². The van der Waals surface area contributed by atoms with Crippen molar-refractivity contribution in [3.8, 4) is 23.0 Å². The van der Waals surface area contributed by atoms with E-state index in [0.29, 0.717) is 0 Å². The van der Waals surface area contributed by atoms with Gasteiger partial charge in [0.15, 0.2) is 0 Å². The molecule has 0 N–H and O–H groups in total. The molecular formula is C68H44B2N4O3. The summed E-state index contributed by atoms with van der Waals surface area (Å²) < 4.78 is 22.1. The molecule has 77 heavy (non-hydrogen) atoms. The molecule has 0 aliphatic carbocycles. The Kier molecular flexibility index (Phi) is 9.69. The standard InChI is InChI=1S/C68H44B2N4O3/c1-7-23-45(24-8-1)71(46-25-9-2-10-26-46)51-39-58-66-63(41-51)75-61-44-62-56(43-55(61)69(66)54-36-20-21-37-57(54)73(58)49-31-15-5-16-32-49)70-65-53-35-19-22-38-60(53)77-68(65)74(50-33-17-6-18-34-50)59-40-52(42-64(76-62)67(59)70)72(47-27-11-3-12-28-47)48-29-13-4-14-30-48/h1-44H. The van der Waals surface area contributed by atoms with Gasteiger partial charge in [-0.15, -0.1) is 0 Å². The Labute approximate surface area is 446 Å². The van der Waals surface area contributed by atoms with Crippen molar-refractivity contribution in [2.75, 3.05) is 19.6 Å². The predicted octanol–water partition coefficient (Wildman–Crippen LogP) is 14.2. The van der Waals surface area contributed by atoms with Gasteiger partial charge in [0.05, 0.1) is 17.1 Å². The lowest BCUT2D eigenvalue weighted by Crippen LogP contribution is -2.63. The molecule has 0 fully saturated rings. The normalized spacial score (nSPS) is 13.0. The zero-order valence-electron chi connectivity index (χ0n) is 41.6. The van der Waals surface area contributed by atoms with Gasteiger partial charge in [-0.2, -0.15) is 0 Å². The summed E-state index contributed by atoms with van der Waals surface area (Å²) in [6.45, 7) is -0.448. The van der Waals surface area contributed by atoms with Crippen LogP contribution in [-0.4, -0.2) is 13.4 Å². The summed E-state index contributed by atoms with van der Waals surface area (Å²) in [5.41, 5.74) is 18.8. The van der Waals surface area contributed by atoms with E-state index in [4.69, 9.17) is 13.9 Å². The van der Waals surface area contributed by atoms with Gasteiger partial charge in [-0.3, -0.25) is 4.90 Å². The first-order chi connectivity index (χ1) is 38.2. The molecule has 0 spiro atoms. The van der Waals surface area contributed by atoms with Crippen LogP contribution in [0.25, 0.3) is 11.0 Å². The van der Waals surface area contributed by atoms with E-state index in [1.165, 1.54) is 5.46 Å². The van der Waals surface area contributed by atoms with Crippen molar-refractivity contribution in [3.63, 3.8) is 0 Å². The average Bonchev–Trinajstić information content (AvgIpc) is 4.07. The van der Waals surface area contributed by atoms with E-state index in [-0.39, 0.29) is 13.4 Å². The minimum atomic E-state index is -0.267. The average molecular weight is 987 g/mol. The van der Waals surface area contributed by atoms with Crippen molar-refractivity contribution in [2.24, 2.45) is 0 Å². The highest BCUT2D eigenvalue weighted by Crippen LogP contribution is 2.50. The molecule has 11 aromatic carbocycles. The number of hydrogen-bond donors (Lipinski definition) is 0. The van der Waals surface area contributed by atoms with Crippen molar-refractivity contribution in [1.82, 2.24) is 0 Å². The van der Waals surface area contributed by atoms with Crippen molar-refractivity contribution in [2.45, 2.75) is 0 Å². The number of benzene rings is 11. The Morgan fingerprint density at radius 1 is 0.299 bits per heavy atom. The molecule has 0 amide bonds. The van der Waals surface area contributed by atoms with Gasteiger partial charge >= 0.3 is 0 Å². The highest BCUT2D eigenvalue weighted by atomic mass is 16.5. The molecular weight excluding hydrogens is 942 g/mol. The summed E-state index contributed by atoms with van der Waals surface area (Å²) in [5, 5.41) is 1.06. The molecule has 0 unspecified atom stereocenters. The molecule has 7 nitrogen and oxygen atoms in total. The van der Waals surface area contributed by atoms with E-state index in [0.717, 1.165) is 130 Å². The number of ether oxygens (including phenoxy) is 2. The molecule has 4 aliphatic rings.